The molecule has 1 nitrogen and oxygen atoms in total. The Balaban J connectivity index is 1.06. The number of fused-ring (bicyclic) bond motifs is 5. The van der Waals surface area contributed by atoms with Crippen LogP contribution in [0.5, 0.6) is 0 Å². The van der Waals surface area contributed by atoms with E-state index in [9.17, 15) is 0 Å². The zero-order valence-electron chi connectivity index (χ0n) is 31.5. The van der Waals surface area contributed by atoms with Crippen LogP contribution in [0.2, 0.25) is 0 Å². The molecular formula is C54H43NS. The predicted octanol–water partition coefficient (Wildman–Crippen LogP) is 15.6. The van der Waals surface area contributed by atoms with E-state index < -0.39 is 0 Å². The van der Waals surface area contributed by atoms with Gasteiger partial charge in [-0.15, -0.1) is 11.3 Å². The second-order valence-corrected chi connectivity index (χ2v) is 18.2. The zero-order chi connectivity index (χ0) is 36.8. The van der Waals surface area contributed by atoms with E-state index in [0.29, 0.717) is 5.41 Å². The summed E-state index contributed by atoms with van der Waals surface area (Å²) in [7, 11) is 0. The number of anilines is 3. The van der Waals surface area contributed by atoms with Crippen LogP contribution in [0.1, 0.15) is 44.1 Å². The van der Waals surface area contributed by atoms with E-state index in [2.05, 4.69) is 175 Å². The van der Waals surface area contributed by atoms with Crippen LogP contribution in [-0.4, -0.2) is 0 Å². The summed E-state index contributed by atoms with van der Waals surface area (Å²) >= 11 is 1.90. The Morgan fingerprint density at radius 1 is 0.429 bits per heavy atom. The van der Waals surface area contributed by atoms with Crippen LogP contribution in [-0.2, 0) is 5.41 Å². The van der Waals surface area contributed by atoms with Crippen LogP contribution in [0.25, 0.3) is 64.0 Å². The van der Waals surface area contributed by atoms with E-state index in [1.807, 2.05) is 11.3 Å². The summed E-state index contributed by atoms with van der Waals surface area (Å²) in [6.45, 7) is 0. The van der Waals surface area contributed by atoms with Gasteiger partial charge in [-0.05, 0) is 142 Å². The molecule has 0 saturated heterocycles. The first-order valence-electron chi connectivity index (χ1n) is 20.6. The molecular weight excluding hydrogens is 695 g/mol. The average Bonchev–Trinajstić information content (AvgIpc) is 3.63. The lowest BCUT2D eigenvalue weighted by Crippen LogP contribution is -2.48. The molecule has 1 aromatic heterocycles. The van der Waals surface area contributed by atoms with Crippen LogP contribution in [0.15, 0.2) is 170 Å². The van der Waals surface area contributed by atoms with E-state index in [1.165, 1.54) is 120 Å². The first-order chi connectivity index (χ1) is 27.7. The Bertz CT molecular complexity index is 2910. The Morgan fingerprint density at radius 2 is 1.00 bits per heavy atom. The van der Waals surface area contributed by atoms with Crippen LogP contribution in [0.4, 0.5) is 17.1 Å². The summed E-state index contributed by atoms with van der Waals surface area (Å²) in [5.41, 5.74) is 10.6. The van der Waals surface area contributed by atoms with Crippen molar-refractivity contribution >= 4 is 70.1 Å². The Kier molecular flexibility index (Phi) is 7.36. The maximum atomic E-state index is 2.57. The van der Waals surface area contributed by atoms with Crippen LogP contribution >= 0.6 is 11.3 Å². The van der Waals surface area contributed by atoms with E-state index >= 15 is 0 Å². The maximum absolute atomic E-state index is 2.57. The smallest absolute Gasteiger partial charge is 0.0555 e. The maximum Gasteiger partial charge on any atom is 0.0555 e. The quantitative estimate of drug-likeness (QED) is 0.164. The average molecular weight is 738 g/mol. The molecule has 4 bridgehead atoms. The van der Waals surface area contributed by atoms with Gasteiger partial charge in [-0.2, -0.15) is 0 Å². The molecule has 2 heteroatoms. The van der Waals surface area contributed by atoms with Crippen molar-refractivity contribution in [2.45, 2.75) is 43.9 Å². The van der Waals surface area contributed by atoms with Crippen molar-refractivity contribution in [3.8, 4) is 22.3 Å². The third-order valence-corrected chi connectivity index (χ3v) is 14.9. The number of rotatable bonds is 6. The van der Waals surface area contributed by atoms with Crippen molar-refractivity contribution in [2.24, 2.45) is 17.8 Å². The molecule has 0 radical (unpaired) electrons. The zero-order valence-corrected chi connectivity index (χ0v) is 32.3. The van der Waals surface area contributed by atoms with Gasteiger partial charge < -0.3 is 4.90 Å². The number of benzene rings is 8. The summed E-state index contributed by atoms with van der Waals surface area (Å²) in [5, 5.41) is 8.00. The van der Waals surface area contributed by atoms with Crippen molar-refractivity contribution in [1.82, 2.24) is 0 Å². The van der Waals surface area contributed by atoms with Crippen molar-refractivity contribution in [2.75, 3.05) is 4.90 Å². The number of nitrogens with zero attached hydrogens (tertiary/aromatic N) is 1. The third kappa shape index (κ3) is 5.05. The second-order valence-electron chi connectivity index (χ2n) is 17.1. The van der Waals surface area contributed by atoms with Gasteiger partial charge in [0.2, 0.25) is 0 Å². The fourth-order valence-electron chi connectivity index (χ4n) is 12.0. The van der Waals surface area contributed by atoms with Gasteiger partial charge >= 0.3 is 0 Å². The Hall–Kier alpha value is -5.70. The Morgan fingerprint density at radius 3 is 1.75 bits per heavy atom. The molecule has 0 aliphatic heterocycles. The summed E-state index contributed by atoms with van der Waals surface area (Å²) in [6.07, 6.45) is 8.49. The Labute approximate surface area is 332 Å². The largest absolute Gasteiger partial charge is 0.309 e. The molecule has 9 aromatic rings. The first-order valence-corrected chi connectivity index (χ1v) is 21.4. The molecule has 0 atom stereocenters. The molecule has 0 unspecified atom stereocenters. The van der Waals surface area contributed by atoms with Gasteiger partial charge in [-0.25, -0.2) is 0 Å². The van der Waals surface area contributed by atoms with E-state index in [0.717, 1.165) is 17.8 Å². The monoisotopic (exact) mass is 737 g/mol. The van der Waals surface area contributed by atoms with Crippen molar-refractivity contribution < 1.29 is 0 Å². The molecule has 4 fully saturated rings. The van der Waals surface area contributed by atoms with Crippen LogP contribution in [0.3, 0.4) is 0 Å². The molecule has 1 heterocycles. The highest BCUT2D eigenvalue weighted by Crippen LogP contribution is 2.62. The second kappa shape index (κ2) is 12.7. The molecule has 270 valence electrons. The molecule has 4 aliphatic rings. The van der Waals surface area contributed by atoms with Gasteiger partial charge in [0.25, 0.3) is 0 Å². The summed E-state index contributed by atoms with van der Waals surface area (Å²) < 4.78 is 2.65. The molecule has 13 rings (SSSR count). The van der Waals surface area contributed by atoms with Gasteiger partial charge in [0.15, 0.2) is 0 Å². The van der Waals surface area contributed by atoms with Crippen molar-refractivity contribution in [3.63, 3.8) is 0 Å². The number of hydrogen-bond acceptors (Lipinski definition) is 2. The molecule has 0 amide bonds. The lowest BCUT2D eigenvalue weighted by molar-refractivity contribution is -0.00449. The van der Waals surface area contributed by atoms with Gasteiger partial charge in [-0.3, -0.25) is 0 Å². The molecule has 0 spiro atoms. The van der Waals surface area contributed by atoms with E-state index in [1.54, 1.807) is 5.56 Å². The lowest BCUT2D eigenvalue weighted by Gasteiger charge is -2.57. The lowest BCUT2D eigenvalue weighted by atomic mass is 9.48. The standard InChI is InChI=1S/C54H43NS/c1-2-11-38(12-3-1)42-16-6-13-40-14-7-17-43(52(40)42)39-25-27-41(28-26-39)55(49-22-10-24-51-53(49)46-15-4-5-23-50(46)56-51)48-21-9-18-44-45(48)19-8-20-47(44)54-32-35-29-36(33-54)31-37(30-35)34-54/h1-28,35-37H,29-34H2. The number of hydrogen-bond donors (Lipinski definition) is 0. The van der Waals surface area contributed by atoms with Gasteiger partial charge in [0.1, 0.15) is 0 Å². The molecule has 4 aliphatic carbocycles. The van der Waals surface area contributed by atoms with Crippen LogP contribution < -0.4 is 4.90 Å². The molecule has 4 saturated carbocycles. The highest BCUT2D eigenvalue weighted by molar-refractivity contribution is 7.26. The minimum absolute atomic E-state index is 0.319. The summed E-state index contributed by atoms with van der Waals surface area (Å²) in [4.78, 5) is 2.57. The highest BCUT2D eigenvalue weighted by Gasteiger charge is 2.52. The normalized spacial score (nSPS) is 21.4. The van der Waals surface area contributed by atoms with Gasteiger partial charge in [-0.1, -0.05) is 133 Å². The van der Waals surface area contributed by atoms with Crippen molar-refractivity contribution in [3.05, 3.63) is 175 Å². The molecule has 56 heavy (non-hydrogen) atoms. The number of thiophene rings is 1. The van der Waals surface area contributed by atoms with E-state index in [-0.39, 0.29) is 0 Å². The topological polar surface area (TPSA) is 3.24 Å². The predicted molar refractivity (Wildman–Crippen MR) is 240 cm³/mol. The third-order valence-electron chi connectivity index (χ3n) is 13.8. The first kappa shape index (κ1) is 32.5. The summed E-state index contributed by atoms with van der Waals surface area (Å²) in [5.74, 6) is 2.72. The van der Waals surface area contributed by atoms with Gasteiger partial charge in [0.05, 0.1) is 11.4 Å². The SMILES string of the molecule is c1ccc(-c2cccc3cccc(-c4ccc(N(c5cccc6c(C78CC9CC(CC(C9)C7)C8)cccc56)c5cccc6sc7ccccc7c56)cc4)c23)cc1. The molecule has 8 aromatic carbocycles. The van der Waals surface area contributed by atoms with Crippen LogP contribution in [0, 0.1) is 17.8 Å². The minimum atomic E-state index is 0.319. The van der Waals surface area contributed by atoms with Gasteiger partial charge in [0, 0.05) is 31.2 Å². The molecule has 0 N–H and O–H groups in total. The minimum Gasteiger partial charge on any atom is -0.309 e. The fourth-order valence-corrected chi connectivity index (χ4v) is 13.1. The van der Waals surface area contributed by atoms with E-state index in [4.69, 9.17) is 0 Å². The summed E-state index contributed by atoms with van der Waals surface area (Å²) in [6, 6.07) is 63.8. The van der Waals surface area contributed by atoms with Crippen molar-refractivity contribution in [1.29, 1.82) is 0 Å². The highest BCUT2D eigenvalue weighted by atomic mass is 32.1. The fraction of sp³-hybridized carbons (Fsp3) is 0.185.